The van der Waals surface area contributed by atoms with Gasteiger partial charge in [0.05, 0.1) is 42.9 Å². The van der Waals surface area contributed by atoms with Crippen molar-refractivity contribution in [2.75, 3.05) is 25.6 Å². The summed E-state index contributed by atoms with van der Waals surface area (Å²) in [4.78, 5) is 22.3. The lowest BCUT2D eigenvalue weighted by molar-refractivity contribution is 0.0888. The van der Waals surface area contributed by atoms with Gasteiger partial charge in [-0.15, -0.1) is 0 Å². The molecule has 0 saturated carbocycles. The van der Waals surface area contributed by atoms with Gasteiger partial charge in [-0.2, -0.15) is 9.61 Å². The van der Waals surface area contributed by atoms with E-state index >= 15 is 0 Å². The maximum absolute atomic E-state index is 13.0. The van der Waals surface area contributed by atoms with Crippen LogP contribution >= 0.6 is 0 Å². The minimum atomic E-state index is -0.730. The average molecular weight is 435 g/mol. The molecule has 5 rings (SSSR count). The van der Waals surface area contributed by atoms with E-state index < -0.39 is 12.1 Å². The van der Waals surface area contributed by atoms with Crippen LogP contribution in [0.4, 0.5) is 5.82 Å². The number of aliphatic hydroxyl groups is 1. The van der Waals surface area contributed by atoms with Crippen LogP contribution in [0.5, 0.6) is 0 Å². The van der Waals surface area contributed by atoms with Crippen LogP contribution in [-0.2, 0) is 4.74 Å². The molecule has 1 aliphatic rings. The molecule has 2 atom stereocenters. The number of carbonyl (C=O) groups is 1. The summed E-state index contributed by atoms with van der Waals surface area (Å²) in [6, 6.07) is 5.52. The number of hydrogen-bond acceptors (Lipinski definition) is 7. The maximum Gasteiger partial charge on any atom is 0.257 e. The number of aromatic nitrogens is 5. The highest BCUT2D eigenvalue weighted by atomic mass is 16.5. The normalized spacial score (nSPS) is 18.7. The summed E-state index contributed by atoms with van der Waals surface area (Å²) < 4.78 is 8.83. The molecule has 166 valence electrons. The number of imidazole rings is 1. The van der Waals surface area contributed by atoms with E-state index in [-0.39, 0.29) is 19.1 Å². The number of pyridine rings is 1. The molecule has 10 heteroatoms. The van der Waals surface area contributed by atoms with Gasteiger partial charge in [-0.3, -0.25) is 9.20 Å². The molecule has 1 fully saturated rings. The molecule has 4 aromatic rings. The first-order valence-corrected chi connectivity index (χ1v) is 10.6. The fourth-order valence-electron chi connectivity index (χ4n) is 4.05. The molecule has 32 heavy (non-hydrogen) atoms. The largest absolute Gasteiger partial charge is 0.388 e. The van der Waals surface area contributed by atoms with Crippen molar-refractivity contribution in [2.24, 2.45) is 0 Å². The summed E-state index contributed by atoms with van der Waals surface area (Å²) in [5.74, 6) is 0.663. The number of aliphatic hydroxyl groups excluding tert-OH is 1. The van der Waals surface area contributed by atoms with Gasteiger partial charge >= 0.3 is 0 Å². The van der Waals surface area contributed by atoms with Crippen LogP contribution in [0, 0.1) is 0 Å². The van der Waals surface area contributed by atoms with Crippen LogP contribution in [0.2, 0.25) is 0 Å². The lowest BCUT2D eigenvalue weighted by Gasteiger charge is -2.15. The number of rotatable bonds is 5. The standard InChI is InChI=1S/C22H25N7O3/c1-12(2)13-4-5-17(28-7-6-24-20(13)28)15-8-19(23-3)29-21(26-15)14(9-25-29)22(31)27-16-10-32-11-18(16)30/h4-9,12,16,18,23,30H,10-11H2,1-3H3,(H,27,31)/t16-,18+/m0/s1. The molecule has 0 unspecified atom stereocenters. The van der Waals surface area contributed by atoms with Gasteiger partial charge in [0.1, 0.15) is 17.0 Å². The van der Waals surface area contributed by atoms with Gasteiger partial charge < -0.3 is 20.5 Å². The predicted octanol–water partition coefficient (Wildman–Crippen LogP) is 1.70. The van der Waals surface area contributed by atoms with E-state index in [1.54, 1.807) is 17.8 Å². The smallest absolute Gasteiger partial charge is 0.257 e. The van der Waals surface area contributed by atoms with E-state index in [1.807, 2.05) is 22.7 Å². The molecule has 1 amide bonds. The summed E-state index contributed by atoms with van der Waals surface area (Å²) in [5.41, 5.74) is 4.30. The van der Waals surface area contributed by atoms with Gasteiger partial charge in [0.15, 0.2) is 5.65 Å². The van der Waals surface area contributed by atoms with Gasteiger partial charge in [0, 0.05) is 25.5 Å². The molecule has 1 saturated heterocycles. The number of nitrogens with one attached hydrogen (secondary N) is 2. The van der Waals surface area contributed by atoms with E-state index in [4.69, 9.17) is 9.72 Å². The fourth-order valence-corrected chi connectivity index (χ4v) is 4.05. The summed E-state index contributed by atoms with van der Waals surface area (Å²) in [6.07, 6.45) is 4.44. The van der Waals surface area contributed by atoms with Crippen LogP contribution in [0.1, 0.15) is 35.7 Å². The maximum atomic E-state index is 13.0. The molecule has 0 aliphatic carbocycles. The average Bonchev–Trinajstić information content (AvgIpc) is 3.52. The van der Waals surface area contributed by atoms with Crippen LogP contribution < -0.4 is 10.6 Å². The Morgan fingerprint density at radius 1 is 1.28 bits per heavy atom. The van der Waals surface area contributed by atoms with Crippen molar-refractivity contribution in [1.29, 1.82) is 0 Å². The molecule has 0 spiro atoms. The van der Waals surface area contributed by atoms with Crippen LogP contribution in [0.15, 0.2) is 36.8 Å². The first-order valence-electron chi connectivity index (χ1n) is 10.6. The van der Waals surface area contributed by atoms with Crippen molar-refractivity contribution >= 4 is 23.0 Å². The predicted molar refractivity (Wildman–Crippen MR) is 119 cm³/mol. The Labute approximate surface area is 184 Å². The fraction of sp³-hybridized carbons (Fsp3) is 0.364. The quantitative estimate of drug-likeness (QED) is 0.437. The van der Waals surface area contributed by atoms with Gasteiger partial charge in [-0.1, -0.05) is 19.9 Å². The molecule has 0 aromatic carbocycles. The highest BCUT2D eigenvalue weighted by Gasteiger charge is 2.29. The third-order valence-electron chi connectivity index (χ3n) is 5.80. The first kappa shape index (κ1) is 20.4. The number of anilines is 1. The molecular formula is C22H25N7O3. The van der Waals surface area contributed by atoms with Gasteiger partial charge in [-0.25, -0.2) is 9.97 Å². The SMILES string of the molecule is CNc1cc(-c2ccc(C(C)C)c3nccn23)nc2c(C(=O)N[C@H]3COC[C@H]3O)cnn12. The molecule has 1 aliphatic heterocycles. The van der Waals surface area contributed by atoms with Crippen molar-refractivity contribution in [3.05, 3.63) is 47.9 Å². The number of hydrogen-bond donors (Lipinski definition) is 3. The van der Waals surface area contributed by atoms with E-state index in [2.05, 4.69) is 40.6 Å². The van der Waals surface area contributed by atoms with Crippen molar-refractivity contribution in [3.63, 3.8) is 0 Å². The number of nitrogens with zero attached hydrogens (tertiary/aromatic N) is 5. The second kappa shape index (κ2) is 7.88. The second-order valence-electron chi connectivity index (χ2n) is 8.20. The zero-order valence-corrected chi connectivity index (χ0v) is 18.1. The van der Waals surface area contributed by atoms with Crippen LogP contribution in [-0.4, -0.2) is 67.4 Å². The highest BCUT2D eigenvalue weighted by Crippen LogP contribution is 2.28. The Hall–Kier alpha value is -3.50. The van der Waals surface area contributed by atoms with Crippen molar-refractivity contribution < 1.29 is 14.6 Å². The monoisotopic (exact) mass is 435 g/mol. The Morgan fingerprint density at radius 2 is 2.12 bits per heavy atom. The Morgan fingerprint density at radius 3 is 2.84 bits per heavy atom. The molecule has 4 aromatic heterocycles. The zero-order chi connectivity index (χ0) is 22.4. The lowest BCUT2D eigenvalue weighted by Crippen LogP contribution is -2.42. The minimum absolute atomic E-state index is 0.208. The summed E-state index contributed by atoms with van der Waals surface area (Å²) in [7, 11) is 1.79. The molecular weight excluding hydrogens is 410 g/mol. The van der Waals surface area contributed by atoms with Crippen molar-refractivity contribution in [1.82, 2.24) is 29.3 Å². The number of ether oxygens (including phenoxy) is 1. The molecule has 0 radical (unpaired) electrons. The van der Waals surface area contributed by atoms with Gasteiger partial charge in [-0.05, 0) is 17.5 Å². The molecule has 5 heterocycles. The zero-order valence-electron chi connectivity index (χ0n) is 18.1. The first-order chi connectivity index (χ1) is 15.5. The topological polar surface area (TPSA) is 118 Å². The van der Waals surface area contributed by atoms with Crippen molar-refractivity contribution in [3.8, 4) is 11.4 Å². The van der Waals surface area contributed by atoms with E-state index in [1.165, 1.54) is 6.20 Å². The summed E-state index contributed by atoms with van der Waals surface area (Å²) in [6.45, 7) is 4.75. The molecule has 3 N–H and O–H groups in total. The molecule has 0 bridgehead atoms. The third-order valence-corrected chi connectivity index (χ3v) is 5.80. The van der Waals surface area contributed by atoms with Gasteiger partial charge in [0.25, 0.3) is 5.91 Å². The highest BCUT2D eigenvalue weighted by molar-refractivity contribution is 6.00. The van der Waals surface area contributed by atoms with Gasteiger partial charge in [0.2, 0.25) is 0 Å². The summed E-state index contributed by atoms with van der Waals surface area (Å²) in [5, 5.41) is 20.3. The number of fused-ring (bicyclic) bond motifs is 2. The Balaban J connectivity index is 1.62. The Kier molecular flexibility index (Phi) is 5.03. The number of amides is 1. The Bertz CT molecular complexity index is 1310. The number of carbonyl (C=O) groups excluding carboxylic acids is 1. The van der Waals surface area contributed by atoms with E-state index in [0.717, 1.165) is 16.9 Å². The minimum Gasteiger partial charge on any atom is -0.388 e. The second-order valence-corrected chi connectivity index (χ2v) is 8.20. The van der Waals surface area contributed by atoms with E-state index in [0.29, 0.717) is 28.6 Å². The van der Waals surface area contributed by atoms with E-state index in [9.17, 15) is 9.90 Å². The van der Waals surface area contributed by atoms with Crippen LogP contribution in [0.25, 0.3) is 22.7 Å². The summed E-state index contributed by atoms with van der Waals surface area (Å²) >= 11 is 0. The van der Waals surface area contributed by atoms with Crippen LogP contribution in [0.3, 0.4) is 0 Å². The van der Waals surface area contributed by atoms with Crippen molar-refractivity contribution in [2.45, 2.75) is 31.9 Å². The third kappa shape index (κ3) is 3.28. The lowest BCUT2D eigenvalue weighted by atomic mass is 10.0. The molecule has 10 nitrogen and oxygen atoms in total.